The van der Waals surface area contributed by atoms with Gasteiger partial charge in [0.25, 0.3) is 5.91 Å². The van der Waals surface area contributed by atoms with Crippen LogP contribution in [0.5, 0.6) is 0 Å². The number of hydrogen-bond acceptors (Lipinski definition) is 1. The fourth-order valence-corrected chi connectivity index (χ4v) is 2.93. The highest BCUT2D eigenvalue weighted by molar-refractivity contribution is 5.94. The van der Waals surface area contributed by atoms with Gasteiger partial charge in [-0.3, -0.25) is 4.79 Å². The van der Waals surface area contributed by atoms with Gasteiger partial charge in [0, 0.05) is 30.2 Å². The molecule has 0 unspecified atom stereocenters. The van der Waals surface area contributed by atoms with Crippen molar-refractivity contribution < 1.29 is 4.79 Å². The number of carbonyl (C=O) groups is 1. The molecule has 0 spiro atoms. The largest absolute Gasteiger partial charge is 0.352 e. The standard InChI is InChI=1S/C22H24N2O/c1-18-12-13-20(17-21(18)24-15-7-8-16-24)22(25)23-14-6-5-11-19-9-3-2-4-10-19/h2-4,7-10,12-13,15-17H,5-6,11,14H2,1H3,(H,23,25). The van der Waals surface area contributed by atoms with E-state index in [2.05, 4.69) is 36.5 Å². The molecule has 2 aromatic carbocycles. The van der Waals surface area contributed by atoms with Gasteiger partial charge in [-0.25, -0.2) is 0 Å². The Hall–Kier alpha value is -2.81. The van der Waals surface area contributed by atoms with Crippen LogP contribution in [-0.2, 0) is 6.42 Å². The van der Waals surface area contributed by atoms with E-state index in [1.807, 2.05) is 53.4 Å². The van der Waals surface area contributed by atoms with E-state index in [-0.39, 0.29) is 5.91 Å². The summed E-state index contributed by atoms with van der Waals surface area (Å²) < 4.78 is 2.03. The van der Waals surface area contributed by atoms with Crippen LogP contribution in [0.3, 0.4) is 0 Å². The summed E-state index contributed by atoms with van der Waals surface area (Å²) in [5.74, 6) is -0.00637. The van der Waals surface area contributed by atoms with Crippen molar-refractivity contribution in [1.82, 2.24) is 9.88 Å². The van der Waals surface area contributed by atoms with Crippen molar-refractivity contribution in [3.05, 3.63) is 89.7 Å². The second kappa shape index (κ2) is 8.34. The van der Waals surface area contributed by atoms with E-state index in [0.717, 1.165) is 30.5 Å². The fraction of sp³-hybridized carbons (Fsp3) is 0.227. The van der Waals surface area contributed by atoms with Crippen LogP contribution in [0.25, 0.3) is 5.69 Å². The van der Waals surface area contributed by atoms with Crippen LogP contribution < -0.4 is 5.32 Å². The van der Waals surface area contributed by atoms with Gasteiger partial charge in [-0.15, -0.1) is 0 Å². The predicted molar refractivity (Wildman–Crippen MR) is 102 cm³/mol. The lowest BCUT2D eigenvalue weighted by Gasteiger charge is -2.11. The van der Waals surface area contributed by atoms with Gasteiger partial charge in [-0.05, 0) is 61.6 Å². The van der Waals surface area contributed by atoms with Crippen molar-refractivity contribution in [2.45, 2.75) is 26.2 Å². The predicted octanol–water partition coefficient (Wildman–Crippen LogP) is 4.54. The Balaban J connectivity index is 1.51. The molecule has 3 aromatic rings. The van der Waals surface area contributed by atoms with E-state index >= 15 is 0 Å². The second-order valence-electron chi connectivity index (χ2n) is 6.29. The monoisotopic (exact) mass is 332 g/mol. The summed E-state index contributed by atoms with van der Waals surface area (Å²) in [5, 5.41) is 3.03. The minimum Gasteiger partial charge on any atom is -0.352 e. The molecule has 0 fully saturated rings. The topological polar surface area (TPSA) is 34.0 Å². The molecule has 25 heavy (non-hydrogen) atoms. The molecule has 0 bridgehead atoms. The molecule has 0 atom stereocenters. The Morgan fingerprint density at radius 2 is 1.72 bits per heavy atom. The van der Waals surface area contributed by atoms with E-state index in [1.165, 1.54) is 5.56 Å². The lowest BCUT2D eigenvalue weighted by Crippen LogP contribution is -2.24. The second-order valence-corrected chi connectivity index (χ2v) is 6.29. The molecule has 1 N–H and O–H groups in total. The van der Waals surface area contributed by atoms with E-state index < -0.39 is 0 Å². The lowest BCUT2D eigenvalue weighted by molar-refractivity contribution is 0.0953. The molecule has 0 saturated carbocycles. The first-order valence-electron chi connectivity index (χ1n) is 8.80. The SMILES string of the molecule is Cc1ccc(C(=O)NCCCCc2ccccc2)cc1-n1cccc1. The minimum absolute atomic E-state index is 0.00637. The van der Waals surface area contributed by atoms with Crippen LogP contribution in [0.2, 0.25) is 0 Å². The van der Waals surface area contributed by atoms with Gasteiger partial charge in [-0.2, -0.15) is 0 Å². The molecule has 0 saturated heterocycles. The van der Waals surface area contributed by atoms with Crippen LogP contribution in [-0.4, -0.2) is 17.0 Å². The molecule has 3 nitrogen and oxygen atoms in total. The number of nitrogens with one attached hydrogen (secondary N) is 1. The zero-order chi connectivity index (χ0) is 17.5. The van der Waals surface area contributed by atoms with Crippen molar-refractivity contribution in [1.29, 1.82) is 0 Å². The quantitative estimate of drug-likeness (QED) is 0.633. The van der Waals surface area contributed by atoms with Gasteiger partial charge in [0.1, 0.15) is 0 Å². The average Bonchev–Trinajstić information content (AvgIpc) is 3.17. The van der Waals surface area contributed by atoms with Crippen LogP contribution in [0.1, 0.15) is 34.3 Å². The maximum Gasteiger partial charge on any atom is 0.251 e. The molecule has 1 amide bonds. The third-order valence-electron chi connectivity index (χ3n) is 4.37. The Kier molecular flexibility index (Phi) is 5.68. The lowest BCUT2D eigenvalue weighted by atomic mass is 10.1. The molecule has 3 rings (SSSR count). The number of unbranched alkanes of at least 4 members (excludes halogenated alkanes) is 1. The Labute approximate surface area is 149 Å². The van der Waals surface area contributed by atoms with Gasteiger partial charge in [0.2, 0.25) is 0 Å². The van der Waals surface area contributed by atoms with Crippen LogP contribution in [0.4, 0.5) is 0 Å². The van der Waals surface area contributed by atoms with Gasteiger partial charge in [-0.1, -0.05) is 36.4 Å². The highest BCUT2D eigenvalue weighted by atomic mass is 16.1. The first-order valence-corrected chi connectivity index (χ1v) is 8.80. The molecule has 0 aliphatic carbocycles. The zero-order valence-corrected chi connectivity index (χ0v) is 14.6. The molecule has 0 aliphatic heterocycles. The number of hydrogen-bond donors (Lipinski definition) is 1. The van der Waals surface area contributed by atoms with Crippen molar-refractivity contribution in [3.63, 3.8) is 0 Å². The maximum atomic E-state index is 12.4. The molecular weight excluding hydrogens is 308 g/mol. The molecule has 0 aliphatic rings. The third-order valence-corrected chi connectivity index (χ3v) is 4.37. The molecule has 128 valence electrons. The number of aromatic nitrogens is 1. The van der Waals surface area contributed by atoms with Gasteiger partial charge < -0.3 is 9.88 Å². The Morgan fingerprint density at radius 1 is 0.960 bits per heavy atom. The molecular formula is C22H24N2O. The Morgan fingerprint density at radius 3 is 2.48 bits per heavy atom. The summed E-state index contributed by atoms with van der Waals surface area (Å²) in [5.41, 5.74) is 4.25. The highest BCUT2D eigenvalue weighted by Crippen LogP contribution is 2.16. The molecule has 3 heteroatoms. The molecule has 1 aromatic heterocycles. The van der Waals surface area contributed by atoms with E-state index in [4.69, 9.17) is 0 Å². The average molecular weight is 332 g/mol. The van der Waals surface area contributed by atoms with E-state index in [0.29, 0.717) is 12.1 Å². The Bertz CT molecular complexity index is 807. The number of nitrogens with zero attached hydrogens (tertiary/aromatic N) is 1. The first kappa shape index (κ1) is 17.0. The normalized spacial score (nSPS) is 10.6. The number of carbonyl (C=O) groups excluding carboxylic acids is 1. The number of aryl methyl sites for hydroxylation is 2. The van der Waals surface area contributed by atoms with Gasteiger partial charge in [0.05, 0.1) is 0 Å². The minimum atomic E-state index is -0.00637. The highest BCUT2D eigenvalue weighted by Gasteiger charge is 2.08. The van der Waals surface area contributed by atoms with Crippen molar-refractivity contribution in [3.8, 4) is 5.69 Å². The van der Waals surface area contributed by atoms with Crippen LogP contribution in [0.15, 0.2) is 73.1 Å². The van der Waals surface area contributed by atoms with Crippen LogP contribution >= 0.6 is 0 Å². The first-order chi connectivity index (χ1) is 12.2. The summed E-state index contributed by atoms with van der Waals surface area (Å²) in [6.07, 6.45) is 7.10. The summed E-state index contributed by atoms with van der Waals surface area (Å²) in [6.45, 7) is 2.76. The van der Waals surface area contributed by atoms with E-state index in [9.17, 15) is 4.79 Å². The van der Waals surface area contributed by atoms with E-state index in [1.54, 1.807) is 0 Å². The maximum absolute atomic E-state index is 12.4. The molecule has 0 radical (unpaired) electrons. The van der Waals surface area contributed by atoms with Crippen molar-refractivity contribution in [2.24, 2.45) is 0 Å². The molecule has 1 heterocycles. The number of rotatable bonds is 7. The zero-order valence-electron chi connectivity index (χ0n) is 14.6. The third kappa shape index (κ3) is 4.60. The summed E-state index contributed by atoms with van der Waals surface area (Å²) in [7, 11) is 0. The smallest absolute Gasteiger partial charge is 0.251 e. The summed E-state index contributed by atoms with van der Waals surface area (Å²) in [4.78, 5) is 12.4. The van der Waals surface area contributed by atoms with Gasteiger partial charge >= 0.3 is 0 Å². The number of amides is 1. The number of benzene rings is 2. The van der Waals surface area contributed by atoms with Crippen molar-refractivity contribution in [2.75, 3.05) is 6.54 Å². The van der Waals surface area contributed by atoms with Crippen molar-refractivity contribution >= 4 is 5.91 Å². The summed E-state index contributed by atoms with van der Waals surface area (Å²) >= 11 is 0. The fourth-order valence-electron chi connectivity index (χ4n) is 2.93. The van der Waals surface area contributed by atoms with Crippen LogP contribution in [0, 0.1) is 6.92 Å². The summed E-state index contributed by atoms with van der Waals surface area (Å²) in [6, 6.07) is 20.3. The van der Waals surface area contributed by atoms with Gasteiger partial charge in [0.15, 0.2) is 0 Å².